The molecule has 0 N–H and O–H groups in total. The molecule has 0 fully saturated rings. The molecule has 1 heterocycles. The Bertz CT molecular complexity index is 1570. The van der Waals surface area contributed by atoms with Gasteiger partial charge in [0.05, 0.1) is 5.69 Å². The van der Waals surface area contributed by atoms with Crippen molar-refractivity contribution in [1.29, 1.82) is 0 Å². The molecule has 180 valence electrons. The van der Waals surface area contributed by atoms with Gasteiger partial charge in [-0.1, -0.05) is 132 Å². The Morgan fingerprint density at radius 1 is 0.595 bits per heavy atom. The van der Waals surface area contributed by atoms with Gasteiger partial charge in [-0.05, 0) is 49.1 Å². The molecule has 0 radical (unpaired) electrons. The van der Waals surface area contributed by atoms with Crippen LogP contribution in [0, 0.1) is 6.92 Å². The summed E-state index contributed by atoms with van der Waals surface area (Å²) in [6.45, 7) is 4.34. The first kappa shape index (κ1) is 23.1. The molecule has 0 saturated heterocycles. The minimum Gasteiger partial charge on any atom is -0.312 e. The van der Waals surface area contributed by atoms with E-state index in [0.717, 1.165) is 6.42 Å². The highest BCUT2D eigenvalue weighted by Gasteiger charge is 2.30. The molecule has 1 atom stereocenters. The fourth-order valence-corrected chi connectivity index (χ4v) is 5.48. The monoisotopic (exact) mass is 477 g/mol. The highest BCUT2D eigenvalue weighted by molar-refractivity contribution is 5.97. The molecule has 1 aliphatic carbocycles. The summed E-state index contributed by atoms with van der Waals surface area (Å²) in [5, 5.41) is 0. The van der Waals surface area contributed by atoms with Crippen LogP contribution >= 0.6 is 0 Å². The van der Waals surface area contributed by atoms with Gasteiger partial charge in [0.2, 0.25) is 0 Å². The molecule has 1 nitrogen and oxygen atoms in total. The number of rotatable bonds is 5. The van der Waals surface area contributed by atoms with Gasteiger partial charge in [0.1, 0.15) is 0 Å². The van der Waals surface area contributed by atoms with E-state index >= 15 is 0 Å². The summed E-state index contributed by atoms with van der Waals surface area (Å²) in [7, 11) is 0. The fraction of sp³-hybridized carbons (Fsp3) is 0.111. The van der Waals surface area contributed by atoms with Gasteiger partial charge in [-0.3, -0.25) is 0 Å². The summed E-state index contributed by atoms with van der Waals surface area (Å²) in [6, 6.07) is 41.7. The van der Waals surface area contributed by atoms with Gasteiger partial charge in [0, 0.05) is 28.4 Å². The maximum atomic E-state index is 2.53. The van der Waals surface area contributed by atoms with Crippen molar-refractivity contribution in [3.05, 3.63) is 150 Å². The lowest BCUT2D eigenvalue weighted by molar-refractivity contribution is 0.783. The highest BCUT2D eigenvalue weighted by Crippen LogP contribution is 2.49. The van der Waals surface area contributed by atoms with Gasteiger partial charge in [0.15, 0.2) is 0 Å². The second-order valence-electron chi connectivity index (χ2n) is 9.90. The van der Waals surface area contributed by atoms with Gasteiger partial charge in [-0.15, -0.1) is 0 Å². The van der Waals surface area contributed by atoms with Crippen molar-refractivity contribution in [1.82, 2.24) is 4.57 Å². The maximum absolute atomic E-state index is 2.53. The summed E-state index contributed by atoms with van der Waals surface area (Å²) in [5.41, 5.74) is 12.7. The van der Waals surface area contributed by atoms with E-state index in [1.165, 1.54) is 56.0 Å². The normalized spacial score (nSPS) is 15.0. The van der Waals surface area contributed by atoms with Crippen LogP contribution in [0.15, 0.2) is 139 Å². The molecular weight excluding hydrogens is 446 g/mol. The van der Waals surface area contributed by atoms with Crippen molar-refractivity contribution in [2.75, 3.05) is 0 Å². The lowest BCUT2D eigenvalue weighted by atomic mass is 9.87. The summed E-state index contributed by atoms with van der Waals surface area (Å²) in [4.78, 5) is 0. The van der Waals surface area contributed by atoms with Crippen LogP contribution in [0.1, 0.15) is 30.5 Å². The Morgan fingerprint density at radius 2 is 1.16 bits per heavy atom. The Hall–Kier alpha value is -4.36. The molecule has 37 heavy (non-hydrogen) atoms. The summed E-state index contributed by atoms with van der Waals surface area (Å²) in [6.07, 6.45) is 8.03. The lowest BCUT2D eigenvalue weighted by Gasteiger charge is -2.22. The van der Waals surface area contributed by atoms with Crippen molar-refractivity contribution < 1.29 is 0 Å². The molecule has 0 bridgehead atoms. The van der Waals surface area contributed by atoms with Crippen molar-refractivity contribution >= 4 is 0 Å². The van der Waals surface area contributed by atoms with Crippen LogP contribution in [-0.4, -0.2) is 4.57 Å². The van der Waals surface area contributed by atoms with Crippen molar-refractivity contribution in [3.8, 4) is 39.2 Å². The molecule has 0 saturated carbocycles. The summed E-state index contributed by atoms with van der Waals surface area (Å²) < 4.78 is 2.53. The zero-order valence-corrected chi connectivity index (χ0v) is 21.4. The minimum absolute atomic E-state index is 0.265. The van der Waals surface area contributed by atoms with Crippen molar-refractivity contribution in [2.24, 2.45) is 0 Å². The van der Waals surface area contributed by atoms with Crippen LogP contribution in [0.5, 0.6) is 0 Å². The number of hydrogen-bond acceptors (Lipinski definition) is 0. The Kier molecular flexibility index (Phi) is 6.20. The van der Waals surface area contributed by atoms with Crippen LogP contribution in [-0.2, 0) is 0 Å². The van der Waals surface area contributed by atoms with Gasteiger partial charge >= 0.3 is 0 Å². The minimum atomic E-state index is 0.265. The van der Waals surface area contributed by atoms with Crippen LogP contribution in [0.4, 0.5) is 0 Å². The molecule has 1 unspecified atom stereocenters. The summed E-state index contributed by atoms with van der Waals surface area (Å²) >= 11 is 0. The standard InChI is InChI=1S/C36H31N/c1-26-18-22-30(23-19-26)35-33(28-12-6-3-7-13-28)34(29-14-8-4-9-15-29)36(31-24-20-27(2)21-25-31)37(35)32-16-10-5-11-17-32/h3-24,31H,25H2,1-2H3. The van der Waals surface area contributed by atoms with E-state index in [1.807, 2.05) is 0 Å². The molecule has 6 rings (SSSR count). The first-order chi connectivity index (χ1) is 18.2. The van der Waals surface area contributed by atoms with E-state index in [4.69, 9.17) is 0 Å². The van der Waals surface area contributed by atoms with E-state index in [2.05, 4.69) is 152 Å². The largest absolute Gasteiger partial charge is 0.312 e. The average molecular weight is 478 g/mol. The zero-order valence-electron chi connectivity index (χ0n) is 21.4. The van der Waals surface area contributed by atoms with Crippen LogP contribution < -0.4 is 0 Å². The second kappa shape index (κ2) is 9.95. The number of aryl methyl sites for hydroxylation is 1. The Balaban J connectivity index is 1.80. The summed E-state index contributed by atoms with van der Waals surface area (Å²) in [5.74, 6) is 0.265. The van der Waals surface area contributed by atoms with E-state index < -0.39 is 0 Å². The Labute approximate surface area is 220 Å². The molecule has 5 aromatic rings. The van der Waals surface area contributed by atoms with E-state index in [9.17, 15) is 0 Å². The quantitative estimate of drug-likeness (QED) is 0.237. The molecule has 4 aromatic carbocycles. The molecular formula is C36H31N. The number of nitrogens with zero attached hydrogens (tertiary/aromatic N) is 1. The van der Waals surface area contributed by atoms with Gasteiger partial charge < -0.3 is 4.57 Å². The Morgan fingerprint density at radius 3 is 1.73 bits per heavy atom. The van der Waals surface area contributed by atoms with E-state index in [-0.39, 0.29) is 5.92 Å². The van der Waals surface area contributed by atoms with Crippen molar-refractivity contribution in [3.63, 3.8) is 0 Å². The smallest absolute Gasteiger partial charge is 0.0616 e. The number of benzene rings is 4. The predicted octanol–water partition coefficient (Wildman–Crippen LogP) is 9.78. The van der Waals surface area contributed by atoms with E-state index in [1.54, 1.807) is 0 Å². The van der Waals surface area contributed by atoms with Crippen molar-refractivity contribution in [2.45, 2.75) is 26.2 Å². The number of allylic oxidation sites excluding steroid dienone is 4. The first-order valence-corrected chi connectivity index (χ1v) is 13.1. The SMILES string of the molecule is CC1=CCC(c2c(-c3ccccc3)c(-c3ccccc3)c(-c3ccc(C)cc3)n2-c2ccccc2)C=C1. The average Bonchev–Trinajstić information content (AvgIpc) is 3.31. The topological polar surface area (TPSA) is 4.93 Å². The second-order valence-corrected chi connectivity index (χ2v) is 9.90. The van der Waals surface area contributed by atoms with Crippen LogP contribution in [0.25, 0.3) is 39.2 Å². The first-order valence-electron chi connectivity index (χ1n) is 13.1. The maximum Gasteiger partial charge on any atom is 0.0616 e. The van der Waals surface area contributed by atoms with Gasteiger partial charge in [-0.25, -0.2) is 0 Å². The third-order valence-corrected chi connectivity index (χ3v) is 7.31. The van der Waals surface area contributed by atoms with Gasteiger partial charge in [-0.2, -0.15) is 0 Å². The lowest BCUT2D eigenvalue weighted by Crippen LogP contribution is -2.08. The molecule has 0 spiro atoms. The third kappa shape index (κ3) is 4.38. The highest BCUT2D eigenvalue weighted by atomic mass is 15.0. The van der Waals surface area contributed by atoms with Crippen LogP contribution in [0.2, 0.25) is 0 Å². The predicted molar refractivity (Wildman–Crippen MR) is 157 cm³/mol. The molecule has 1 heteroatoms. The van der Waals surface area contributed by atoms with Gasteiger partial charge in [0.25, 0.3) is 0 Å². The molecule has 0 amide bonds. The molecule has 0 aliphatic heterocycles. The number of aromatic nitrogens is 1. The van der Waals surface area contributed by atoms with Crippen LogP contribution in [0.3, 0.4) is 0 Å². The molecule has 1 aromatic heterocycles. The number of para-hydroxylation sites is 1. The van der Waals surface area contributed by atoms with E-state index in [0.29, 0.717) is 0 Å². The fourth-order valence-electron chi connectivity index (χ4n) is 5.48. The number of hydrogen-bond donors (Lipinski definition) is 0. The zero-order chi connectivity index (χ0) is 25.2. The molecule has 1 aliphatic rings. The third-order valence-electron chi connectivity index (χ3n) is 7.31.